The highest BCUT2D eigenvalue weighted by Gasteiger charge is 2.31. The maximum Gasteiger partial charge on any atom is 0.311 e. The summed E-state index contributed by atoms with van der Waals surface area (Å²) in [4.78, 5) is 38.4. The van der Waals surface area contributed by atoms with E-state index in [1.54, 1.807) is 25.1 Å². The molecule has 0 saturated heterocycles. The van der Waals surface area contributed by atoms with Crippen molar-refractivity contribution >= 4 is 17.5 Å². The number of carbonyl (C=O) groups is 2. The molecule has 0 bridgehead atoms. The zero-order chi connectivity index (χ0) is 26.8. The predicted molar refractivity (Wildman–Crippen MR) is 135 cm³/mol. The molecule has 3 aromatic rings. The van der Waals surface area contributed by atoms with Gasteiger partial charge in [0.15, 0.2) is 6.61 Å². The number of halogens is 1. The zero-order valence-electron chi connectivity index (χ0n) is 20.6. The average molecular weight is 510 g/mol. The number of ether oxygens (including phenoxy) is 2. The number of carbonyl (C=O) groups excluding carboxylic acids is 2. The smallest absolute Gasteiger partial charge is 0.311 e. The lowest BCUT2D eigenvalue weighted by molar-refractivity contribution is -0.385. The van der Waals surface area contributed by atoms with Gasteiger partial charge in [-0.2, -0.15) is 0 Å². The number of amides is 2. The minimum atomic E-state index is -0.940. The molecule has 0 saturated carbocycles. The molecule has 0 aliphatic heterocycles. The van der Waals surface area contributed by atoms with Gasteiger partial charge in [-0.1, -0.05) is 48.5 Å². The third-order valence-electron chi connectivity index (χ3n) is 5.63. The van der Waals surface area contributed by atoms with Crippen molar-refractivity contribution in [2.45, 2.75) is 25.9 Å². The fourth-order valence-electron chi connectivity index (χ4n) is 3.78. The Morgan fingerprint density at radius 1 is 1.08 bits per heavy atom. The van der Waals surface area contributed by atoms with Gasteiger partial charge in [-0.05, 0) is 24.6 Å². The first-order valence-corrected chi connectivity index (χ1v) is 11.6. The SMILES string of the molecule is CCNC(=O)C(Cc1ccccc1)N(Cc1ccccc1F)C(=O)COc1ccc([N+](=O)[O-])c(OC)c1. The molecule has 0 aliphatic rings. The number of nitro groups is 1. The maximum atomic E-state index is 14.6. The van der Waals surface area contributed by atoms with Crippen LogP contribution in [0.25, 0.3) is 0 Å². The molecule has 0 fully saturated rings. The van der Waals surface area contributed by atoms with E-state index in [2.05, 4.69) is 5.32 Å². The number of likely N-dealkylation sites (N-methyl/N-ethyl adjacent to an activating group) is 1. The molecule has 0 aromatic heterocycles. The topological polar surface area (TPSA) is 111 Å². The molecule has 3 aromatic carbocycles. The van der Waals surface area contributed by atoms with E-state index in [-0.39, 0.29) is 41.6 Å². The van der Waals surface area contributed by atoms with Gasteiger partial charge in [0.1, 0.15) is 17.6 Å². The summed E-state index contributed by atoms with van der Waals surface area (Å²) in [6.07, 6.45) is 0.207. The minimum Gasteiger partial charge on any atom is -0.490 e. The van der Waals surface area contributed by atoms with E-state index in [1.807, 2.05) is 30.3 Å². The normalized spacial score (nSPS) is 11.3. The summed E-state index contributed by atoms with van der Waals surface area (Å²) in [6, 6.07) is 18.2. The molecule has 1 N–H and O–H groups in total. The summed E-state index contributed by atoms with van der Waals surface area (Å²) in [7, 11) is 1.29. The summed E-state index contributed by atoms with van der Waals surface area (Å²) >= 11 is 0. The zero-order valence-corrected chi connectivity index (χ0v) is 20.6. The number of hydrogen-bond acceptors (Lipinski definition) is 6. The van der Waals surface area contributed by atoms with Gasteiger partial charge < -0.3 is 19.7 Å². The first kappa shape index (κ1) is 27.1. The summed E-state index contributed by atoms with van der Waals surface area (Å²) in [6.45, 7) is 1.48. The van der Waals surface area contributed by atoms with E-state index in [4.69, 9.17) is 9.47 Å². The molecule has 0 aliphatic carbocycles. The standard InChI is InChI=1S/C27H28FN3O6/c1-3-29-27(33)24(15-19-9-5-4-6-10-19)30(17-20-11-7-8-12-22(20)28)26(32)18-37-21-13-14-23(31(34)35)25(16-21)36-2/h4-14,16,24H,3,15,17-18H2,1-2H3,(H,29,33). The van der Waals surface area contributed by atoms with Crippen molar-refractivity contribution in [3.8, 4) is 11.5 Å². The second kappa shape index (κ2) is 13.0. The van der Waals surface area contributed by atoms with Crippen molar-refractivity contribution in [1.29, 1.82) is 0 Å². The van der Waals surface area contributed by atoms with Crippen LogP contribution in [0.3, 0.4) is 0 Å². The highest BCUT2D eigenvalue weighted by atomic mass is 19.1. The predicted octanol–water partition coefficient (Wildman–Crippen LogP) is 3.90. The van der Waals surface area contributed by atoms with Crippen molar-refractivity contribution in [3.63, 3.8) is 0 Å². The summed E-state index contributed by atoms with van der Waals surface area (Å²) in [5.41, 5.74) is 0.822. The Hall–Kier alpha value is -4.47. The van der Waals surface area contributed by atoms with E-state index in [1.165, 1.54) is 36.3 Å². The minimum absolute atomic E-state index is 0.0255. The third-order valence-corrected chi connectivity index (χ3v) is 5.63. The first-order valence-electron chi connectivity index (χ1n) is 11.6. The lowest BCUT2D eigenvalue weighted by atomic mass is 10.0. The highest BCUT2D eigenvalue weighted by molar-refractivity contribution is 5.88. The molecular formula is C27H28FN3O6. The number of nitrogens with zero attached hydrogens (tertiary/aromatic N) is 2. The molecule has 10 heteroatoms. The molecule has 2 amide bonds. The number of methoxy groups -OCH3 is 1. The lowest BCUT2D eigenvalue weighted by Crippen LogP contribution is -2.51. The van der Waals surface area contributed by atoms with Crippen LogP contribution in [0, 0.1) is 15.9 Å². The maximum absolute atomic E-state index is 14.6. The van der Waals surface area contributed by atoms with E-state index in [0.29, 0.717) is 6.54 Å². The second-order valence-corrected chi connectivity index (χ2v) is 8.09. The largest absolute Gasteiger partial charge is 0.490 e. The Balaban J connectivity index is 1.90. The van der Waals surface area contributed by atoms with Gasteiger partial charge in [-0.25, -0.2) is 4.39 Å². The van der Waals surface area contributed by atoms with Gasteiger partial charge in [-0.15, -0.1) is 0 Å². The first-order chi connectivity index (χ1) is 17.8. The van der Waals surface area contributed by atoms with Gasteiger partial charge in [-0.3, -0.25) is 19.7 Å². The van der Waals surface area contributed by atoms with Crippen LogP contribution in [0.1, 0.15) is 18.1 Å². The van der Waals surface area contributed by atoms with E-state index in [0.717, 1.165) is 5.56 Å². The van der Waals surface area contributed by atoms with Crippen molar-refractivity contribution < 1.29 is 28.4 Å². The number of hydrogen-bond donors (Lipinski definition) is 1. The monoisotopic (exact) mass is 509 g/mol. The lowest BCUT2D eigenvalue weighted by Gasteiger charge is -2.31. The number of rotatable bonds is 12. The Morgan fingerprint density at radius 2 is 1.78 bits per heavy atom. The van der Waals surface area contributed by atoms with Crippen LogP contribution in [0.15, 0.2) is 72.8 Å². The van der Waals surface area contributed by atoms with Crippen LogP contribution < -0.4 is 14.8 Å². The van der Waals surface area contributed by atoms with Crippen LogP contribution in [0.5, 0.6) is 11.5 Å². The molecule has 9 nitrogen and oxygen atoms in total. The van der Waals surface area contributed by atoms with Gasteiger partial charge in [0.2, 0.25) is 11.7 Å². The molecule has 3 rings (SSSR count). The van der Waals surface area contributed by atoms with Crippen molar-refractivity contribution in [2.24, 2.45) is 0 Å². The number of nitrogens with one attached hydrogen (secondary N) is 1. The molecule has 1 unspecified atom stereocenters. The number of benzene rings is 3. The summed E-state index contributed by atoms with van der Waals surface area (Å²) in [5.74, 6) is -1.31. The molecule has 194 valence electrons. The Kier molecular flexibility index (Phi) is 9.54. The van der Waals surface area contributed by atoms with Crippen LogP contribution in [0.4, 0.5) is 10.1 Å². The average Bonchev–Trinajstić information content (AvgIpc) is 2.90. The van der Waals surface area contributed by atoms with Gasteiger partial charge in [0.05, 0.1) is 12.0 Å². The van der Waals surface area contributed by atoms with Crippen molar-refractivity contribution in [3.05, 3.63) is 99.9 Å². The molecule has 0 radical (unpaired) electrons. The second-order valence-electron chi connectivity index (χ2n) is 8.09. The highest BCUT2D eigenvalue weighted by Crippen LogP contribution is 2.30. The molecule has 0 heterocycles. The summed E-state index contributed by atoms with van der Waals surface area (Å²) in [5, 5.41) is 13.9. The number of nitro benzene ring substituents is 1. The van der Waals surface area contributed by atoms with Crippen molar-refractivity contribution in [2.75, 3.05) is 20.3 Å². The summed E-state index contributed by atoms with van der Waals surface area (Å²) < 4.78 is 25.2. The molecule has 1 atom stereocenters. The Bertz CT molecular complexity index is 1240. The van der Waals surface area contributed by atoms with Crippen LogP contribution in [0.2, 0.25) is 0 Å². The van der Waals surface area contributed by atoms with Gasteiger partial charge in [0, 0.05) is 37.2 Å². The molecule has 0 spiro atoms. The Morgan fingerprint density at radius 3 is 2.43 bits per heavy atom. The third kappa shape index (κ3) is 7.26. The molecular weight excluding hydrogens is 481 g/mol. The van der Waals surface area contributed by atoms with E-state index < -0.39 is 29.3 Å². The van der Waals surface area contributed by atoms with Crippen LogP contribution in [-0.2, 0) is 22.6 Å². The molecule has 37 heavy (non-hydrogen) atoms. The quantitative estimate of drug-likeness (QED) is 0.293. The fourth-order valence-corrected chi connectivity index (χ4v) is 3.78. The van der Waals surface area contributed by atoms with E-state index >= 15 is 0 Å². The van der Waals surface area contributed by atoms with Gasteiger partial charge in [0.25, 0.3) is 5.91 Å². The Labute approximate surface area is 214 Å². The van der Waals surface area contributed by atoms with Crippen LogP contribution >= 0.6 is 0 Å². The van der Waals surface area contributed by atoms with E-state index in [9.17, 15) is 24.1 Å². The fraction of sp³-hybridized carbons (Fsp3) is 0.259. The van der Waals surface area contributed by atoms with Crippen molar-refractivity contribution in [1.82, 2.24) is 10.2 Å². The van der Waals surface area contributed by atoms with Crippen LogP contribution in [-0.4, -0.2) is 47.9 Å². The van der Waals surface area contributed by atoms with Gasteiger partial charge >= 0.3 is 5.69 Å².